The van der Waals surface area contributed by atoms with Crippen molar-refractivity contribution in [2.24, 2.45) is 0 Å². The molecule has 0 radical (unpaired) electrons. The Morgan fingerprint density at radius 1 is 0.692 bits per heavy atom. The minimum Gasteiger partial charge on any atom is -1.00 e. The van der Waals surface area contributed by atoms with E-state index in [-0.39, 0.29) is 12.4 Å². The summed E-state index contributed by atoms with van der Waals surface area (Å²) < 4.78 is 0. The Morgan fingerprint density at radius 2 is 1.08 bits per heavy atom. The van der Waals surface area contributed by atoms with Gasteiger partial charge in [-0.25, -0.2) is 0 Å². The maximum atomic E-state index is 2.25. The summed E-state index contributed by atoms with van der Waals surface area (Å²) >= 11 is 0.815. The number of hydrogen-bond donors (Lipinski definition) is 0. The van der Waals surface area contributed by atoms with E-state index in [0.717, 1.165) is 15.2 Å². The first-order valence-corrected chi connectivity index (χ1v) is 7.28. The fourth-order valence-electron chi connectivity index (χ4n) is 0.965. The maximum Gasteiger partial charge on any atom is -1.00 e. The molecular weight excluding hydrogens is 195 g/mol. The first-order chi connectivity index (χ1) is 5.83. The molecule has 0 saturated carbocycles. The summed E-state index contributed by atoms with van der Waals surface area (Å²) in [6.45, 7) is 8.99. The number of unbranched alkanes of at least 4 members (excludes halogenated alkanes) is 4. The van der Waals surface area contributed by atoms with E-state index in [1.807, 2.05) is 0 Å². The predicted molar refractivity (Wildman–Crippen MR) is 61.1 cm³/mol. The van der Waals surface area contributed by atoms with Gasteiger partial charge in [0.1, 0.15) is 0 Å². The van der Waals surface area contributed by atoms with Gasteiger partial charge in [0.2, 0.25) is 0 Å². The van der Waals surface area contributed by atoms with E-state index < -0.39 is 0 Å². The topological polar surface area (TPSA) is 0 Å². The molecule has 0 atom stereocenters. The summed E-state index contributed by atoms with van der Waals surface area (Å²) in [6, 6.07) is 0. The fraction of sp³-hybridized carbons (Fsp3) is 1.00. The predicted octanol–water partition coefficient (Wildman–Crippen LogP) is 1.55. The summed E-state index contributed by atoms with van der Waals surface area (Å²) in [6.07, 6.45) is 7.01. The Hall–Kier alpha value is 0.822. The minimum absolute atomic E-state index is 0. The first-order valence-electron chi connectivity index (χ1n) is 5.64. The van der Waals surface area contributed by atoms with Crippen LogP contribution in [0.4, 0.5) is 0 Å². The van der Waals surface area contributed by atoms with Crippen LogP contribution in [0.2, 0.25) is 10.6 Å². The van der Waals surface area contributed by atoms with E-state index in [1.165, 1.54) is 42.7 Å². The molecule has 0 saturated heterocycles. The monoisotopic (exact) mass is 220 g/mol. The number of hydrogen-bond acceptors (Lipinski definition) is 0. The van der Waals surface area contributed by atoms with Crippen LogP contribution in [0.25, 0.3) is 0 Å². The van der Waals surface area contributed by atoms with Gasteiger partial charge in [-0.15, -0.1) is 0 Å². The standard InChI is InChI=1S/C7H16.2C2H5.Al.ClH/c1-3-5-7-6-4-2;2*1-2;;/h3-7H2,1-2H3;2*1H2,2H3;;1H/q;;;+1;/p-1. The maximum absolute atomic E-state index is 2.25. The summed E-state index contributed by atoms with van der Waals surface area (Å²) in [5, 5.41) is 2.85. The second kappa shape index (κ2) is 23.0. The molecule has 2 heteroatoms. The molecule has 0 aliphatic carbocycles. The van der Waals surface area contributed by atoms with Crippen LogP contribution in [0.15, 0.2) is 0 Å². The molecule has 13 heavy (non-hydrogen) atoms. The molecule has 0 fully saturated rings. The van der Waals surface area contributed by atoms with Crippen LogP contribution in [-0.4, -0.2) is 15.2 Å². The van der Waals surface area contributed by atoms with Crippen LogP contribution in [0.3, 0.4) is 0 Å². The molecule has 0 aromatic rings. The molecular formula is C11H26AlCl. The van der Waals surface area contributed by atoms with Crippen LogP contribution < -0.4 is 12.4 Å². The van der Waals surface area contributed by atoms with Crippen LogP contribution in [0.5, 0.6) is 0 Å². The molecule has 0 bridgehead atoms. The van der Waals surface area contributed by atoms with Crippen molar-refractivity contribution in [3.05, 3.63) is 0 Å². The van der Waals surface area contributed by atoms with Gasteiger partial charge in [-0.3, -0.25) is 0 Å². The van der Waals surface area contributed by atoms with Crippen molar-refractivity contribution in [1.82, 2.24) is 0 Å². The molecule has 0 amide bonds. The van der Waals surface area contributed by atoms with Crippen LogP contribution >= 0.6 is 0 Å². The van der Waals surface area contributed by atoms with E-state index in [9.17, 15) is 0 Å². The summed E-state index contributed by atoms with van der Waals surface area (Å²) in [5.74, 6) is 0. The van der Waals surface area contributed by atoms with E-state index in [4.69, 9.17) is 0 Å². The van der Waals surface area contributed by atoms with Crippen LogP contribution in [-0.2, 0) is 0 Å². The SMILES string of the molecule is CCCCCCC.C[CH2][Al+][CH2]C.[Cl-]. The second-order valence-corrected chi connectivity index (χ2v) is 5.38. The van der Waals surface area contributed by atoms with Gasteiger partial charge in [-0.2, -0.15) is 0 Å². The Bertz CT molecular complexity index is 52.1. The molecule has 0 aliphatic rings. The van der Waals surface area contributed by atoms with Crippen molar-refractivity contribution < 1.29 is 12.4 Å². The molecule has 0 unspecified atom stereocenters. The molecule has 80 valence electrons. The first kappa shape index (κ1) is 19.4. The zero-order chi connectivity index (χ0) is 9.66. The Balaban J connectivity index is -0.000000150. The minimum atomic E-state index is 0. The Morgan fingerprint density at radius 3 is 1.23 bits per heavy atom. The van der Waals surface area contributed by atoms with Crippen molar-refractivity contribution in [2.45, 2.75) is 70.4 Å². The van der Waals surface area contributed by atoms with E-state index in [0.29, 0.717) is 0 Å². The van der Waals surface area contributed by atoms with Crippen molar-refractivity contribution >= 4 is 15.2 Å². The van der Waals surface area contributed by atoms with E-state index in [1.54, 1.807) is 0 Å². The van der Waals surface area contributed by atoms with Crippen molar-refractivity contribution in [3.8, 4) is 0 Å². The Labute approximate surface area is 98.0 Å². The average molecular weight is 221 g/mol. The molecule has 0 N–H and O–H groups in total. The summed E-state index contributed by atoms with van der Waals surface area (Å²) in [4.78, 5) is 0. The molecule has 0 spiro atoms. The third-order valence-corrected chi connectivity index (χ3v) is 2.94. The molecule has 0 aromatic heterocycles. The molecule has 0 rings (SSSR count). The zero-order valence-electron chi connectivity index (χ0n) is 9.91. The number of halogens is 1. The van der Waals surface area contributed by atoms with Crippen LogP contribution in [0.1, 0.15) is 59.8 Å². The van der Waals surface area contributed by atoms with Crippen LogP contribution in [0, 0.1) is 0 Å². The quantitative estimate of drug-likeness (QED) is 0.471. The van der Waals surface area contributed by atoms with Crippen molar-refractivity contribution in [1.29, 1.82) is 0 Å². The van der Waals surface area contributed by atoms with Gasteiger partial charge < -0.3 is 12.4 Å². The van der Waals surface area contributed by atoms with Gasteiger partial charge in [0, 0.05) is 0 Å². The van der Waals surface area contributed by atoms with E-state index in [2.05, 4.69) is 27.7 Å². The second-order valence-electron chi connectivity index (χ2n) is 3.17. The van der Waals surface area contributed by atoms with Crippen molar-refractivity contribution in [2.75, 3.05) is 0 Å². The summed E-state index contributed by atoms with van der Waals surface area (Å²) in [5.41, 5.74) is 0. The largest absolute Gasteiger partial charge is 1.00 e. The third kappa shape index (κ3) is 32.3. The average Bonchev–Trinajstić information content (AvgIpc) is 2.08. The zero-order valence-corrected chi connectivity index (χ0v) is 11.8. The van der Waals surface area contributed by atoms with Gasteiger partial charge in [0.25, 0.3) is 0 Å². The van der Waals surface area contributed by atoms with Gasteiger partial charge in [-0.05, 0) is 0 Å². The Kier molecular flexibility index (Phi) is 34.4. The molecule has 0 nitrogen and oxygen atoms in total. The molecule has 0 heterocycles. The third-order valence-electron chi connectivity index (χ3n) is 1.78. The van der Waals surface area contributed by atoms with Gasteiger partial charge >= 0.3 is 39.6 Å². The fourth-order valence-corrected chi connectivity index (χ4v) is 1.54. The van der Waals surface area contributed by atoms with E-state index >= 15 is 0 Å². The molecule has 0 aliphatic heterocycles. The van der Waals surface area contributed by atoms with Gasteiger partial charge in [-0.1, -0.05) is 46.0 Å². The summed E-state index contributed by atoms with van der Waals surface area (Å²) in [7, 11) is 0. The van der Waals surface area contributed by atoms with Gasteiger partial charge in [0.15, 0.2) is 0 Å². The van der Waals surface area contributed by atoms with Gasteiger partial charge in [0.05, 0.1) is 0 Å². The molecule has 0 aromatic carbocycles. The normalized spacial score (nSPS) is 7.69. The number of rotatable bonds is 6. The smallest absolute Gasteiger partial charge is 1.00 e. The van der Waals surface area contributed by atoms with Crippen molar-refractivity contribution in [3.63, 3.8) is 0 Å².